The lowest BCUT2D eigenvalue weighted by Crippen LogP contribution is -2.39. The van der Waals surface area contributed by atoms with Crippen LogP contribution in [0.4, 0.5) is 0 Å². The maximum absolute atomic E-state index is 2.65. The Morgan fingerprint density at radius 3 is 2.10 bits per heavy atom. The van der Waals surface area contributed by atoms with Crippen LogP contribution < -0.4 is 0 Å². The minimum Gasteiger partial charge on any atom is -0.0619 e. The molecule has 0 heteroatoms. The SMILES string of the molecule is CC1C(C2CC3CCC2(C)C3(C)C)[C]2CCC1C2(C)C. The molecular weight excluding hydrogens is 240 g/mol. The summed E-state index contributed by atoms with van der Waals surface area (Å²) in [4.78, 5) is 0. The molecule has 0 heterocycles. The van der Waals surface area contributed by atoms with E-state index in [9.17, 15) is 0 Å². The Morgan fingerprint density at radius 1 is 0.950 bits per heavy atom. The van der Waals surface area contributed by atoms with Gasteiger partial charge in [0, 0.05) is 0 Å². The van der Waals surface area contributed by atoms with E-state index in [-0.39, 0.29) is 0 Å². The van der Waals surface area contributed by atoms with Crippen LogP contribution in [0.2, 0.25) is 0 Å². The molecule has 6 atom stereocenters. The van der Waals surface area contributed by atoms with Crippen molar-refractivity contribution in [1.29, 1.82) is 0 Å². The minimum absolute atomic E-state index is 0.548. The zero-order chi connectivity index (χ0) is 14.5. The summed E-state index contributed by atoms with van der Waals surface area (Å²) >= 11 is 0. The van der Waals surface area contributed by atoms with Gasteiger partial charge >= 0.3 is 0 Å². The first kappa shape index (κ1) is 13.6. The fourth-order valence-electron chi connectivity index (χ4n) is 7.73. The molecule has 4 saturated carbocycles. The highest BCUT2D eigenvalue weighted by molar-refractivity contribution is 5.27. The number of rotatable bonds is 1. The Morgan fingerprint density at radius 2 is 1.65 bits per heavy atom. The molecule has 1 radical (unpaired) electrons. The van der Waals surface area contributed by atoms with Crippen LogP contribution in [0, 0.1) is 51.8 Å². The summed E-state index contributed by atoms with van der Waals surface area (Å²) in [5.41, 5.74) is 1.75. The summed E-state index contributed by atoms with van der Waals surface area (Å²) in [6, 6.07) is 0. The third kappa shape index (κ3) is 1.27. The van der Waals surface area contributed by atoms with E-state index in [1.54, 1.807) is 0 Å². The molecule has 113 valence electrons. The van der Waals surface area contributed by atoms with Gasteiger partial charge in [0.2, 0.25) is 0 Å². The normalized spacial score (nSPS) is 55.8. The molecule has 0 aromatic rings. The number of hydrogen-bond donors (Lipinski definition) is 0. The van der Waals surface area contributed by atoms with Gasteiger partial charge in [0.05, 0.1) is 0 Å². The van der Waals surface area contributed by atoms with Crippen LogP contribution in [0.5, 0.6) is 0 Å². The van der Waals surface area contributed by atoms with Gasteiger partial charge in [-0.2, -0.15) is 0 Å². The van der Waals surface area contributed by atoms with Crippen molar-refractivity contribution in [3.63, 3.8) is 0 Å². The van der Waals surface area contributed by atoms with Crippen molar-refractivity contribution in [2.75, 3.05) is 0 Å². The first-order valence-corrected chi connectivity index (χ1v) is 9.07. The fourth-order valence-corrected chi connectivity index (χ4v) is 7.73. The standard InChI is InChI=1S/C20H33/c1-12-14-7-8-15(18(14,2)3)17(12)16-11-13-9-10-20(16,6)19(13,4)5/h12-14,16-17H,7-11H2,1-6H3. The molecule has 6 unspecified atom stereocenters. The molecule has 0 spiro atoms. The van der Waals surface area contributed by atoms with Gasteiger partial charge in [0.15, 0.2) is 0 Å². The second-order valence-corrected chi connectivity index (χ2v) is 9.99. The first-order valence-electron chi connectivity index (χ1n) is 9.07. The van der Waals surface area contributed by atoms with Crippen molar-refractivity contribution in [1.82, 2.24) is 0 Å². The van der Waals surface area contributed by atoms with Crippen LogP contribution in [0.1, 0.15) is 73.6 Å². The minimum atomic E-state index is 0.548. The van der Waals surface area contributed by atoms with Gasteiger partial charge in [0.25, 0.3) is 0 Å². The van der Waals surface area contributed by atoms with E-state index in [0.29, 0.717) is 16.2 Å². The molecule has 4 rings (SSSR count). The van der Waals surface area contributed by atoms with Crippen molar-refractivity contribution in [2.24, 2.45) is 45.8 Å². The summed E-state index contributed by atoms with van der Waals surface area (Å²) < 4.78 is 0. The maximum Gasteiger partial charge on any atom is -0.0145 e. The van der Waals surface area contributed by atoms with E-state index in [1.807, 2.05) is 5.92 Å². The first-order chi connectivity index (χ1) is 9.21. The molecule has 0 aromatic carbocycles. The van der Waals surface area contributed by atoms with Crippen molar-refractivity contribution in [3.05, 3.63) is 5.92 Å². The Kier molecular flexibility index (Phi) is 2.50. The molecule has 4 aliphatic carbocycles. The van der Waals surface area contributed by atoms with Gasteiger partial charge in [-0.3, -0.25) is 0 Å². The van der Waals surface area contributed by atoms with E-state index >= 15 is 0 Å². The number of fused-ring (bicyclic) bond motifs is 4. The quantitative estimate of drug-likeness (QED) is 0.572. The van der Waals surface area contributed by atoms with Crippen LogP contribution in [0.25, 0.3) is 0 Å². The van der Waals surface area contributed by atoms with Crippen LogP contribution in [0.3, 0.4) is 0 Å². The van der Waals surface area contributed by atoms with Crippen molar-refractivity contribution < 1.29 is 0 Å². The molecule has 0 aliphatic heterocycles. The van der Waals surface area contributed by atoms with Crippen LogP contribution in [-0.2, 0) is 0 Å². The summed E-state index contributed by atoms with van der Waals surface area (Å²) in [6.07, 6.45) is 7.46. The fraction of sp³-hybridized carbons (Fsp3) is 0.950. The molecule has 0 nitrogen and oxygen atoms in total. The molecule has 4 aliphatic rings. The Bertz CT molecular complexity index is 431. The number of hydrogen-bond acceptors (Lipinski definition) is 0. The third-order valence-electron chi connectivity index (χ3n) is 9.38. The summed E-state index contributed by atoms with van der Waals surface area (Å²) in [6.45, 7) is 15.5. The van der Waals surface area contributed by atoms with E-state index in [2.05, 4.69) is 41.5 Å². The van der Waals surface area contributed by atoms with Gasteiger partial charge in [-0.05, 0) is 83.9 Å². The van der Waals surface area contributed by atoms with Gasteiger partial charge in [0.1, 0.15) is 0 Å². The lowest BCUT2D eigenvalue weighted by Gasteiger charge is -2.46. The van der Waals surface area contributed by atoms with Gasteiger partial charge in [-0.1, -0.05) is 41.5 Å². The van der Waals surface area contributed by atoms with E-state index in [1.165, 1.54) is 32.1 Å². The largest absolute Gasteiger partial charge is 0.0619 e. The highest BCUT2D eigenvalue weighted by atomic mass is 14.7. The van der Waals surface area contributed by atoms with Crippen LogP contribution in [0.15, 0.2) is 0 Å². The maximum atomic E-state index is 2.65. The second-order valence-electron chi connectivity index (χ2n) is 9.99. The lowest BCUT2D eigenvalue weighted by molar-refractivity contribution is 0.0488. The average molecular weight is 273 g/mol. The Hall–Kier alpha value is 0. The van der Waals surface area contributed by atoms with E-state index in [4.69, 9.17) is 0 Å². The molecule has 0 aromatic heterocycles. The topological polar surface area (TPSA) is 0 Å². The van der Waals surface area contributed by atoms with Gasteiger partial charge in [-0.15, -0.1) is 0 Å². The van der Waals surface area contributed by atoms with Crippen LogP contribution in [-0.4, -0.2) is 0 Å². The van der Waals surface area contributed by atoms with Crippen LogP contribution >= 0.6 is 0 Å². The van der Waals surface area contributed by atoms with Gasteiger partial charge < -0.3 is 0 Å². The van der Waals surface area contributed by atoms with Gasteiger partial charge in [-0.25, -0.2) is 0 Å². The van der Waals surface area contributed by atoms with Crippen molar-refractivity contribution in [3.8, 4) is 0 Å². The van der Waals surface area contributed by atoms with E-state index < -0.39 is 0 Å². The smallest absolute Gasteiger partial charge is 0.0145 e. The summed E-state index contributed by atoms with van der Waals surface area (Å²) in [7, 11) is 0. The molecule has 0 amide bonds. The average Bonchev–Trinajstić information content (AvgIpc) is 2.90. The molecule has 20 heavy (non-hydrogen) atoms. The predicted molar refractivity (Wildman–Crippen MR) is 85.1 cm³/mol. The molecule has 0 N–H and O–H groups in total. The van der Waals surface area contributed by atoms with Crippen molar-refractivity contribution in [2.45, 2.75) is 73.6 Å². The Balaban J connectivity index is 1.71. The van der Waals surface area contributed by atoms with E-state index in [0.717, 1.165) is 29.6 Å². The van der Waals surface area contributed by atoms with Crippen molar-refractivity contribution >= 4 is 0 Å². The third-order valence-corrected chi connectivity index (χ3v) is 9.38. The summed E-state index contributed by atoms with van der Waals surface area (Å²) in [5, 5.41) is 0. The molecular formula is C20H33. The zero-order valence-electron chi connectivity index (χ0n) is 14.4. The second kappa shape index (κ2) is 3.66. The zero-order valence-corrected chi connectivity index (χ0v) is 14.4. The molecule has 4 bridgehead atoms. The lowest BCUT2D eigenvalue weighted by atomic mass is 9.59. The summed E-state index contributed by atoms with van der Waals surface area (Å²) in [5.74, 6) is 6.86. The Labute approximate surface area is 126 Å². The highest BCUT2D eigenvalue weighted by Gasteiger charge is 2.68. The molecule has 4 fully saturated rings. The highest BCUT2D eigenvalue weighted by Crippen LogP contribution is 2.75. The molecule has 0 saturated heterocycles. The monoisotopic (exact) mass is 273 g/mol. The predicted octanol–water partition coefficient (Wildman–Crippen LogP) is 5.73.